The lowest BCUT2D eigenvalue weighted by Gasteiger charge is -2.33. The Labute approximate surface area is 244 Å². The lowest BCUT2D eigenvalue weighted by molar-refractivity contribution is -0.140. The molecule has 2 amide bonds. The topological polar surface area (TPSA) is 96.0 Å². The van der Waals surface area contributed by atoms with E-state index in [0.717, 1.165) is 21.0 Å². The van der Waals surface area contributed by atoms with Crippen LogP contribution in [0.4, 0.5) is 5.69 Å². The van der Waals surface area contributed by atoms with Crippen molar-refractivity contribution in [1.29, 1.82) is 0 Å². The molecule has 0 radical (unpaired) electrons. The number of ether oxygens (including phenoxy) is 1. The van der Waals surface area contributed by atoms with Crippen molar-refractivity contribution in [2.45, 2.75) is 58.5 Å². The van der Waals surface area contributed by atoms with Crippen LogP contribution in [-0.4, -0.2) is 51.4 Å². The van der Waals surface area contributed by atoms with Crippen LogP contribution in [0.15, 0.2) is 77.7 Å². The zero-order chi connectivity index (χ0) is 30.2. The van der Waals surface area contributed by atoms with Gasteiger partial charge in [0.1, 0.15) is 18.3 Å². The molecule has 1 N–H and O–H groups in total. The van der Waals surface area contributed by atoms with Crippen molar-refractivity contribution in [3.63, 3.8) is 0 Å². The number of methoxy groups -OCH3 is 1. The van der Waals surface area contributed by atoms with Gasteiger partial charge in [-0.3, -0.25) is 13.9 Å². The van der Waals surface area contributed by atoms with E-state index >= 15 is 0 Å². The average molecular weight is 580 g/mol. The predicted octanol–water partition coefficient (Wildman–Crippen LogP) is 5.09. The van der Waals surface area contributed by atoms with E-state index in [9.17, 15) is 18.0 Å². The number of carbonyl (C=O) groups is 2. The molecule has 0 aliphatic heterocycles. The van der Waals surface area contributed by atoms with Gasteiger partial charge >= 0.3 is 0 Å². The first kappa shape index (κ1) is 31.7. The molecule has 3 aromatic carbocycles. The van der Waals surface area contributed by atoms with Crippen molar-refractivity contribution < 1.29 is 22.7 Å². The molecule has 0 aliphatic rings. The second-order valence-corrected chi connectivity index (χ2v) is 12.4. The standard InChI is InChI=1S/C32H41N3O5S/c1-7-29(32(37)33-20-23(2)3)34(21-26-14-16-27(40-6)17-15-26)31(36)22-35(30-18-13-24(4)19-25(30)5)41(38,39)28-11-9-8-10-12-28/h8-19,23,29H,7,20-22H2,1-6H3,(H,33,37)/t29-/m0/s1. The van der Waals surface area contributed by atoms with Crippen molar-refractivity contribution in [2.75, 3.05) is 24.5 Å². The fourth-order valence-corrected chi connectivity index (χ4v) is 6.09. The first-order valence-corrected chi connectivity index (χ1v) is 15.3. The van der Waals surface area contributed by atoms with Crippen LogP contribution in [0, 0.1) is 19.8 Å². The van der Waals surface area contributed by atoms with E-state index in [-0.39, 0.29) is 23.3 Å². The highest BCUT2D eigenvalue weighted by atomic mass is 32.2. The Morgan fingerprint density at radius 1 is 0.951 bits per heavy atom. The van der Waals surface area contributed by atoms with Crippen LogP contribution in [0.5, 0.6) is 5.75 Å². The highest BCUT2D eigenvalue weighted by molar-refractivity contribution is 7.92. The van der Waals surface area contributed by atoms with Gasteiger partial charge in [0, 0.05) is 13.1 Å². The van der Waals surface area contributed by atoms with Gasteiger partial charge in [0.15, 0.2) is 0 Å². The number of anilines is 1. The molecule has 3 aromatic rings. The number of hydrogen-bond acceptors (Lipinski definition) is 5. The summed E-state index contributed by atoms with van der Waals surface area (Å²) in [5.74, 6) is 0.153. The molecule has 8 nitrogen and oxygen atoms in total. The second kappa shape index (κ2) is 14.2. The lowest BCUT2D eigenvalue weighted by atomic mass is 10.1. The number of nitrogens with one attached hydrogen (secondary N) is 1. The zero-order valence-corrected chi connectivity index (χ0v) is 25.6. The number of benzene rings is 3. The Bertz CT molecular complexity index is 1420. The molecule has 0 unspecified atom stereocenters. The lowest BCUT2D eigenvalue weighted by Crippen LogP contribution is -2.52. The van der Waals surface area contributed by atoms with Crippen LogP contribution in [0.25, 0.3) is 0 Å². The van der Waals surface area contributed by atoms with Crippen LogP contribution >= 0.6 is 0 Å². The fraction of sp³-hybridized carbons (Fsp3) is 0.375. The van der Waals surface area contributed by atoms with Crippen LogP contribution in [0.2, 0.25) is 0 Å². The van der Waals surface area contributed by atoms with Crippen molar-refractivity contribution in [1.82, 2.24) is 10.2 Å². The minimum absolute atomic E-state index is 0.0798. The van der Waals surface area contributed by atoms with Gasteiger partial charge in [-0.05, 0) is 67.6 Å². The molecule has 9 heteroatoms. The molecule has 41 heavy (non-hydrogen) atoms. The molecule has 0 saturated heterocycles. The monoisotopic (exact) mass is 579 g/mol. The Morgan fingerprint density at radius 2 is 1.61 bits per heavy atom. The van der Waals surface area contributed by atoms with Crippen molar-refractivity contribution in [2.24, 2.45) is 5.92 Å². The number of carbonyl (C=O) groups excluding carboxylic acids is 2. The molecule has 220 valence electrons. The molecule has 0 aliphatic carbocycles. The summed E-state index contributed by atoms with van der Waals surface area (Å²) in [7, 11) is -2.53. The average Bonchev–Trinajstić information content (AvgIpc) is 2.95. The second-order valence-electron chi connectivity index (χ2n) is 10.5. The largest absolute Gasteiger partial charge is 0.497 e. The van der Waals surface area contributed by atoms with E-state index in [4.69, 9.17) is 4.74 Å². The number of hydrogen-bond donors (Lipinski definition) is 1. The molecule has 0 saturated carbocycles. The number of nitrogens with zero attached hydrogens (tertiary/aromatic N) is 2. The third kappa shape index (κ3) is 8.10. The Kier molecular flexibility index (Phi) is 10.9. The minimum atomic E-state index is -4.11. The Hall–Kier alpha value is -3.85. The fourth-order valence-electron chi connectivity index (χ4n) is 4.59. The van der Waals surface area contributed by atoms with Crippen LogP contribution in [0.1, 0.15) is 43.9 Å². The smallest absolute Gasteiger partial charge is 0.264 e. The summed E-state index contributed by atoms with van der Waals surface area (Å²) < 4.78 is 34.4. The van der Waals surface area contributed by atoms with Gasteiger partial charge in [0.05, 0.1) is 17.7 Å². The zero-order valence-electron chi connectivity index (χ0n) is 24.8. The normalized spacial score (nSPS) is 12.1. The van der Waals surface area contributed by atoms with Crippen molar-refractivity contribution >= 4 is 27.5 Å². The van der Waals surface area contributed by atoms with E-state index in [1.807, 2.05) is 58.9 Å². The van der Waals surface area contributed by atoms with Gasteiger partial charge in [-0.2, -0.15) is 0 Å². The highest BCUT2D eigenvalue weighted by Gasteiger charge is 2.34. The van der Waals surface area contributed by atoms with E-state index in [2.05, 4.69) is 5.32 Å². The quantitative estimate of drug-likeness (QED) is 0.305. The molecule has 0 fully saturated rings. The summed E-state index contributed by atoms with van der Waals surface area (Å²) in [6.45, 7) is 9.72. The molecule has 0 bridgehead atoms. The summed E-state index contributed by atoms with van der Waals surface area (Å²) in [5.41, 5.74) is 2.90. The minimum Gasteiger partial charge on any atom is -0.497 e. The molecule has 3 rings (SSSR count). The van der Waals surface area contributed by atoms with Gasteiger partial charge in [-0.25, -0.2) is 8.42 Å². The van der Waals surface area contributed by atoms with Crippen LogP contribution in [0.3, 0.4) is 0 Å². The van der Waals surface area contributed by atoms with Crippen LogP contribution < -0.4 is 14.4 Å². The molecular formula is C32H41N3O5S. The third-order valence-corrected chi connectivity index (χ3v) is 8.59. The van der Waals surface area contributed by atoms with Crippen molar-refractivity contribution in [3.8, 4) is 5.75 Å². The summed E-state index contributed by atoms with van der Waals surface area (Å²) in [5, 5.41) is 2.94. The number of sulfonamides is 1. The maximum absolute atomic E-state index is 14.2. The number of aryl methyl sites for hydroxylation is 2. The summed E-state index contributed by atoms with van der Waals surface area (Å²) >= 11 is 0. The van der Waals surface area contributed by atoms with Gasteiger partial charge < -0.3 is 15.0 Å². The SMILES string of the molecule is CC[C@@H](C(=O)NCC(C)C)N(Cc1ccc(OC)cc1)C(=O)CN(c1ccc(C)cc1C)S(=O)(=O)c1ccccc1. The number of amides is 2. The summed E-state index contributed by atoms with van der Waals surface area (Å²) in [6, 6.07) is 20.0. The highest BCUT2D eigenvalue weighted by Crippen LogP contribution is 2.28. The van der Waals surface area contributed by atoms with Crippen molar-refractivity contribution in [3.05, 3.63) is 89.5 Å². The first-order valence-electron chi connectivity index (χ1n) is 13.8. The molecule has 0 heterocycles. The Balaban J connectivity index is 2.06. The van der Waals surface area contributed by atoms with E-state index in [0.29, 0.717) is 24.4 Å². The molecule has 0 spiro atoms. The molecule has 1 atom stereocenters. The summed E-state index contributed by atoms with van der Waals surface area (Å²) in [4.78, 5) is 29.1. The van der Waals surface area contributed by atoms with Gasteiger partial charge in [0.25, 0.3) is 10.0 Å². The van der Waals surface area contributed by atoms with Gasteiger partial charge in [-0.15, -0.1) is 0 Å². The van der Waals surface area contributed by atoms with E-state index in [1.165, 1.54) is 17.0 Å². The third-order valence-electron chi connectivity index (χ3n) is 6.81. The predicted molar refractivity (Wildman–Crippen MR) is 162 cm³/mol. The molecule has 0 aromatic heterocycles. The van der Waals surface area contributed by atoms with E-state index in [1.54, 1.807) is 43.5 Å². The van der Waals surface area contributed by atoms with Gasteiger partial charge in [-0.1, -0.05) is 68.8 Å². The first-order chi connectivity index (χ1) is 19.5. The molecular weight excluding hydrogens is 538 g/mol. The van der Waals surface area contributed by atoms with Crippen LogP contribution in [-0.2, 0) is 26.2 Å². The maximum Gasteiger partial charge on any atom is 0.264 e. The van der Waals surface area contributed by atoms with E-state index < -0.39 is 28.5 Å². The summed E-state index contributed by atoms with van der Waals surface area (Å²) in [6.07, 6.45) is 0.362. The number of rotatable bonds is 13. The maximum atomic E-state index is 14.2. The van der Waals surface area contributed by atoms with Gasteiger partial charge in [0.2, 0.25) is 11.8 Å². The Morgan fingerprint density at radius 3 is 2.17 bits per heavy atom.